The van der Waals surface area contributed by atoms with E-state index in [-0.39, 0.29) is 17.4 Å². The van der Waals surface area contributed by atoms with Crippen LogP contribution in [0.1, 0.15) is 48.0 Å². The molecule has 1 saturated carbocycles. The first kappa shape index (κ1) is 18.1. The average molecular weight is 383 g/mol. The third-order valence-corrected chi connectivity index (χ3v) is 7.37. The maximum Gasteiger partial charge on any atom is 0.252 e. The van der Waals surface area contributed by atoms with Crippen molar-refractivity contribution in [3.8, 4) is 0 Å². The Morgan fingerprint density at radius 3 is 2.43 bits per heavy atom. The van der Waals surface area contributed by atoms with E-state index in [1.54, 1.807) is 0 Å². The minimum absolute atomic E-state index is 0.0458. The summed E-state index contributed by atoms with van der Waals surface area (Å²) >= 11 is 0. The van der Waals surface area contributed by atoms with E-state index in [0.29, 0.717) is 6.54 Å². The maximum absolute atomic E-state index is 12.8. The van der Waals surface area contributed by atoms with E-state index >= 15 is 0 Å². The summed E-state index contributed by atoms with van der Waals surface area (Å²) in [7, 11) is 0. The zero-order valence-electron chi connectivity index (χ0n) is 16.5. The smallest absolute Gasteiger partial charge is 0.252 e. The fourth-order valence-electron chi connectivity index (χ4n) is 5.32. The quantitative estimate of drug-likeness (QED) is 0.859. The molecule has 0 radical (unpaired) electrons. The zero-order chi connectivity index (χ0) is 19.1. The number of amides is 2. The highest BCUT2D eigenvalue weighted by atomic mass is 16.2. The van der Waals surface area contributed by atoms with Crippen LogP contribution in [0.5, 0.6) is 0 Å². The Labute approximate surface area is 166 Å². The number of benzene rings is 1. The molecular weight excluding hydrogens is 352 g/mol. The standard InChI is InChI=1S/C22H30N4O2/c27-20(26-14-12-25(13-15-26)17-4-3-5-17)16-24-10-8-22(9-11-24)19-7-2-1-6-18(19)21(28)23-22/h1-2,6-7,17H,3-5,8-16H2,(H,23,28). The maximum atomic E-state index is 12.8. The van der Waals surface area contributed by atoms with Crippen LogP contribution in [0.15, 0.2) is 24.3 Å². The van der Waals surface area contributed by atoms with Crippen molar-refractivity contribution in [1.82, 2.24) is 20.0 Å². The van der Waals surface area contributed by atoms with Crippen LogP contribution in [0.3, 0.4) is 0 Å². The average Bonchev–Trinajstić information content (AvgIpc) is 2.95. The number of carbonyl (C=O) groups is 2. The van der Waals surface area contributed by atoms with Gasteiger partial charge in [-0.1, -0.05) is 24.6 Å². The number of carbonyl (C=O) groups excluding carboxylic acids is 2. The van der Waals surface area contributed by atoms with Crippen molar-refractivity contribution in [3.63, 3.8) is 0 Å². The number of piperazine rings is 1. The summed E-state index contributed by atoms with van der Waals surface area (Å²) in [6.45, 7) is 6.01. The van der Waals surface area contributed by atoms with E-state index < -0.39 is 0 Å². The lowest BCUT2D eigenvalue weighted by Crippen LogP contribution is -2.56. The first-order valence-electron chi connectivity index (χ1n) is 10.8. The number of hydrogen-bond donors (Lipinski definition) is 1. The van der Waals surface area contributed by atoms with Crippen molar-refractivity contribution in [2.75, 3.05) is 45.8 Å². The number of rotatable bonds is 3. The molecule has 150 valence electrons. The minimum atomic E-state index is -0.235. The first-order valence-corrected chi connectivity index (χ1v) is 10.8. The second-order valence-corrected chi connectivity index (χ2v) is 8.86. The van der Waals surface area contributed by atoms with Crippen LogP contribution in [0, 0.1) is 0 Å². The lowest BCUT2D eigenvalue weighted by Gasteiger charge is -2.44. The van der Waals surface area contributed by atoms with Crippen molar-refractivity contribution >= 4 is 11.8 Å². The number of nitrogens with zero attached hydrogens (tertiary/aromatic N) is 3. The molecule has 2 amide bonds. The topological polar surface area (TPSA) is 55.9 Å². The second-order valence-electron chi connectivity index (χ2n) is 8.86. The monoisotopic (exact) mass is 382 g/mol. The summed E-state index contributed by atoms with van der Waals surface area (Å²) in [6, 6.07) is 8.71. The molecule has 3 heterocycles. The van der Waals surface area contributed by atoms with Crippen molar-refractivity contribution in [2.45, 2.75) is 43.7 Å². The SMILES string of the molecule is O=C1NC2(CCN(CC(=O)N3CCN(C4CCC4)CC3)CC2)c2ccccc21. The van der Waals surface area contributed by atoms with Gasteiger partial charge in [-0.15, -0.1) is 0 Å². The molecule has 1 aromatic carbocycles. The lowest BCUT2D eigenvalue weighted by atomic mass is 9.82. The van der Waals surface area contributed by atoms with Crippen molar-refractivity contribution in [3.05, 3.63) is 35.4 Å². The summed E-state index contributed by atoms with van der Waals surface area (Å²) in [5.41, 5.74) is 1.72. The molecule has 0 atom stereocenters. The Morgan fingerprint density at radius 1 is 1.04 bits per heavy atom. The van der Waals surface area contributed by atoms with Gasteiger partial charge in [-0.05, 0) is 37.3 Å². The van der Waals surface area contributed by atoms with Crippen LogP contribution in [-0.4, -0.2) is 78.4 Å². The molecule has 3 fully saturated rings. The van der Waals surface area contributed by atoms with Gasteiger partial charge in [0.05, 0.1) is 12.1 Å². The van der Waals surface area contributed by atoms with E-state index in [0.717, 1.165) is 69.3 Å². The van der Waals surface area contributed by atoms with E-state index in [2.05, 4.69) is 21.2 Å². The van der Waals surface area contributed by atoms with Crippen LogP contribution in [0.2, 0.25) is 0 Å². The Hall–Kier alpha value is -1.92. The Morgan fingerprint density at radius 2 is 1.75 bits per heavy atom. The van der Waals surface area contributed by atoms with Crippen LogP contribution >= 0.6 is 0 Å². The highest BCUT2D eigenvalue weighted by Crippen LogP contribution is 2.39. The zero-order valence-corrected chi connectivity index (χ0v) is 16.5. The number of nitrogens with one attached hydrogen (secondary N) is 1. The number of fused-ring (bicyclic) bond motifs is 2. The van der Waals surface area contributed by atoms with E-state index in [1.165, 1.54) is 19.3 Å². The van der Waals surface area contributed by atoms with Gasteiger partial charge in [-0.25, -0.2) is 0 Å². The molecule has 2 saturated heterocycles. The fraction of sp³-hybridized carbons (Fsp3) is 0.636. The second kappa shape index (κ2) is 7.16. The number of hydrogen-bond acceptors (Lipinski definition) is 4. The van der Waals surface area contributed by atoms with Crippen LogP contribution in [-0.2, 0) is 10.3 Å². The number of likely N-dealkylation sites (tertiary alicyclic amines) is 1. The van der Waals surface area contributed by atoms with Gasteiger partial charge in [0.25, 0.3) is 5.91 Å². The highest BCUT2D eigenvalue weighted by Gasteiger charge is 2.44. The molecule has 1 spiro atoms. The van der Waals surface area contributed by atoms with Gasteiger partial charge < -0.3 is 10.2 Å². The normalized spacial score (nSPS) is 25.4. The fourth-order valence-corrected chi connectivity index (χ4v) is 5.32. The summed E-state index contributed by atoms with van der Waals surface area (Å²) in [6.07, 6.45) is 5.79. The molecule has 6 heteroatoms. The van der Waals surface area contributed by atoms with Gasteiger partial charge in [0.1, 0.15) is 0 Å². The predicted octanol–water partition coefficient (Wildman–Crippen LogP) is 1.42. The Bertz CT molecular complexity index is 760. The van der Waals surface area contributed by atoms with Crippen molar-refractivity contribution < 1.29 is 9.59 Å². The van der Waals surface area contributed by atoms with Gasteiger partial charge in [0.2, 0.25) is 5.91 Å². The van der Waals surface area contributed by atoms with Gasteiger partial charge in [-0.2, -0.15) is 0 Å². The Balaban J connectivity index is 1.14. The van der Waals surface area contributed by atoms with Crippen LogP contribution < -0.4 is 5.32 Å². The first-order chi connectivity index (χ1) is 13.6. The summed E-state index contributed by atoms with van der Waals surface area (Å²) < 4.78 is 0. The van der Waals surface area contributed by atoms with Crippen LogP contribution in [0.25, 0.3) is 0 Å². The third-order valence-electron chi connectivity index (χ3n) is 7.37. The molecule has 3 aliphatic heterocycles. The van der Waals surface area contributed by atoms with Gasteiger partial charge in [0, 0.05) is 50.9 Å². The van der Waals surface area contributed by atoms with E-state index in [1.807, 2.05) is 23.1 Å². The van der Waals surface area contributed by atoms with E-state index in [4.69, 9.17) is 0 Å². The molecular formula is C22H30N4O2. The summed E-state index contributed by atoms with van der Waals surface area (Å²) in [5.74, 6) is 0.310. The molecule has 1 N–H and O–H groups in total. The summed E-state index contributed by atoms with van der Waals surface area (Å²) in [5, 5.41) is 3.23. The van der Waals surface area contributed by atoms with Crippen molar-refractivity contribution in [2.24, 2.45) is 0 Å². The molecule has 0 aromatic heterocycles. The third kappa shape index (κ3) is 3.12. The highest BCUT2D eigenvalue weighted by molar-refractivity contribution is 6.00. The molecule has 6 nitrogen and oxygen atoms in total. The number of piperidine rings is 1. The van der Waals surface area contributed by atoms with Gasteiger partial charge in [0.15, 0.2) is 0 Å². The Kier molecular flexibility index (Phi) is 4.63. The molecule has 0 unspecified atom stereocenters. The molecule has 1 aromatic rings. The van der Waals surface area contributed by atoms with Crippen LogP contribution in [0.4, 0.5) is 0 Å². The lowest BCUT2D eigenvalue weighted by molar-refractivity contribution is -0.135. The van der Waals surface area contributed by atoms with Crippen molar-refractivity contribution in [1.29, 1.82) is 0 Å². The molecule has 5 rings (SSSR count). The molecule has 4 aliphatic rings. The van der Waals surface area contributed by atoms with E-state index in [9.17, 15) is 9.59 Å². The minimum Gasteiger partial charge on any atom is -0.342 e. The van der Waals surface area contributed by atoms with Gasteiger partial charge in [-0.3, -0.25) is 19.4 Å². The largest absolute Gasteiger partial charge is 0.342 e. The molecule has 1 aliphatic carbocycles. The van der Waals surface area contributed by atoms with Gasteiger partial charge >= 0.3 is 0 Å². The molecule has 0 bridgehead atoms. The predicted molar refractivity (Wildman–Crippen MR) is 107 cm³/mol. The molecule has 28 heavy (non-hydrogen) atoms. The summed E-state index contributed by atoms with van der Waals surface area (Å²) in [4.78, 5) is 32.0.